The van der Waals surface area contributed by atoms with Crippen molar-refractivity contribution in [1.29, 1.82) is 0 Å². The van der Waals surface area contributed by atoms with Crippen LogP contribution >= 0.6 is 23.1 Å². The number of aryl methyl sites for hydroxylation is 2. The molecule has 4 rings (SSSR count). The third-order valence-corrected chi connectivity index (χ3v) is 7.39. The van der Waals surface area contributed by atoms with E-state index in [4.69, 9.17) is 4.74 Å². The van der Waals surface area contributed by atoms with E-state index in [2.05, 4.69) is 15.3 Å². The summed E-state index contributed by atoms with van der Waals surface area (Å²) in [5.41, 5.74) is 2.43. The van der Waals surface area contributed by atoms with E-state index in [0.717, 1.165) is 53.4 Å². The summed E-state index contributed by atoms with van der Waals surface area (Å²) in [6, 6.07) is 3.61. The van der Waals surface area contributed by atoms with Crippen LogP contribution in [0.2, 0.25) is 0 Å². The van der Waals surface area contributed by atoms with Gasteiger partial charge in [-0.15, -0.1) is 11.3 Å². The molecule has 10 heteroatoms. The first-order valence-electron chi connectivity index (χ1n) is 10.5. The topological polar surface area (TPSA) is 103 Å². The zero-order chi connectivity index (χ0) is 22.8. The molecule has 0 fully saturated rings. The monoisotopic (exact) mass is 472 g/mol. The first-order valence-corrected chi connectivity index (χ1v) is 12.2. The van der Waals surface area contributed by atoms with Crippen molar-refractivity contribution in [3.63, 3.8) is 0 Å². The van der Waals surface area contributed by atoms with E-state index in [9.17, 15) is 14.4 Å². The third kappa shape index (κ3) is 4.56. The Bertz CT molecular complexity index is 1250. The molecule has 0 saturated carbocycles. The number of nitrogens with zero attached hydrogens (tertiary/aromatic N) is 3. The number of carbonyl (C=O) groups excluding carboxylic acids is 2. The van der Waals surface area contributed by atoms with Crippen LogP contribution in [0.5, 0.6) is 0 Å². The highest BCUT2D eigenvalue weighted by Gasteiger charge is 2.28. The second kappa shape index (κ2) is 9.41. The molecule has 1 aliphatic carbocycles. The van der Waals surface area contributed by atoms with E-state index in [1.807, 2.05) is 13.0 Å². The van der Waals surface area contributed by atoms with E-state index < -0.39 is 16.9 Å². The van der Waals surface area contributed by atoms with Crippen molar-refractivity contribution in [2.45, 2.75) is 56.9 Å². The lowest BCUT2D eigenvalue weighted by Crippen LogP contribution is -2.25. The summed E-state index contributed by atoms with van der Waals surface area (Å²) in [4.78, 5) is 47.4. The molecule has 168 valence electrons. The molecule has 1 N–H and O–H groups in total. The van der Waals surface area contributed by atoms with Gasteiger partial charge in [0, 0.05) is 11.1 Å². The van der Waals surface area contributed by atoms with Gasteiger partial charge in [0.15, 0.2) is 5.16 Å². The van der Waals surface area contributed by atoms with Crippen LogP contribution < -0.4 is 11.0 Å². The summed E-state index contributed by atoms with van der Waals surface area (Å²) in [5.74, 6) is -0.685. The number of rotatable bonds is 6. The normalized spacial score (nSPS) is 14.1. The summed E-state index contributed by atoms with van der Waals surface area (Å²) in [6.07, 6.45) is 5.49. The van der Waals surface area contributed by atoms with Crippen LogP contribution in [0.1, 0.15) is 53.1 Å². The maximum absolute atomic E-state index is 12.9. The second-order valence-electron chi connectivity index (χ2n) is 7.61. The van der Waals surface area contributed by atoms with E-state index in [0.29, 0.717) is 16.2 Å². The molecule has 1 unspecified atom stereocenters. The number of hydrogen-bond donors (Lipinski definition) is 1. The fraction of sp³-hybridized carbons (Fsp3) is 0.409. The number of thioether (sulfide) groups is 1. The number of esters is 1. The number of pyridine rings is 1. The van der Waals surface area contributed by atoms with Gasteiger partial charge < -0.3 is 10.1 Å². The molecule has 3 aromatic rings. The van der Waals surface area contributed by atoms with Crippen LogP contribution in [0, 0.1) is 6.92 Å². The lowest BCUT2D eigenvalue weighted by Gasteiger charge is -2.13. The van der Waals surface area contributed by atoms with Gasteiger partial charge in [-0.05, 0) is 63.6 Å². The van der Waals surface area contributed by atoms with Crippen LogP contribution in [0.15, 0.2) is 28.3 Å². The van der Waals surface area contributed by atoms with Gasteiger partial charge in [-0.1, -0.05) is 17.8 Å². The van der Waals surface area contributed by atoms with Gasteiger partial charge in [0.25, 0.3) is 0 Å². The molecule has 1 amide bonds. The van der Waals surface area contributed by atoms with Crippen molar-refractivity contribution in [2.75, 3.05) is 11.9 Å². The lowest BCUT2D eigenvalue weighted by atomic mass is 9.95. The molecule has 0 bridgehead atoms. The van der Waals surface area contributed by atoms with Crippen molar-refractivity contribution < 1.29 is 14.3 Å². The van der Waals surface area contributed by atoms with Crippen LogP contribution in [0.3, 0.4) is 0 Å². The molecule has 1 atom stereocenters. The fourth-order valence-corrected chi connectivity index (χ4v) is 5.69. The smallest absolute Gasteiger partial charge is 0.355 e. The Hall–Kier alpha value is -2.72. The highest BCUT2D eigenvalue weighted by molar-refractivity contribution is 8.00. The van der Waals surface area contributed by atoms with Gasteiger partial charge in [-0.3, -0.25) is 9.20 Å². The van der Waals surface area contributed by atoms with Crippen molar-refractivity contribution in [1.82, 2.24) is 14.4 Å². The van der Waals surface area contributed by atoms with Gasteiger partial charge in [0.1, 0.15) is 10.6 Å². The van der Waals surface area contributed by atoms with Crippen molar-refractivity contribution >= 4 is 45.6 Å². The molecular weight excluding hydrogens is 448 g/mol. The number of thiophene rings is 1. The average Bonchev–Trinajstić information content (AvgIpc) is 3.12. The minimum absolute atomic E-state index is 0.234. The SMILES string of the molecule is CCOC(=O)c1c(NC(=O)C(C)Sc2nc(=O)n3cc(C)ccc3n2)sc2c1CCCC2. The average molecular weight is 473 g/mol. The molecule has 32 heavy (non-hydrogen) atoms. The second-order valence-corrected chi connectivity index (χ2v) is 10.0. The Morgan fingerprint density at radius 2 is 2.06 bits per heavy atom. The highest BCUT2D eigenvalue weighted by atomic mass is 32.2. The predicted octanol–water partition coefficient (Wildman–Crippen LogP) is 3.63. The number of amides is 1. The summed E-state index contributed by atoms with van der Waals surface area (Å²) in [7, 11) is 0. The third-order valence-electron chi connectivity index (χ3n) is 5.22. The Kier molecular flexibility index (Phi) is 6.61. The van der Waals surface area contributed by atoms with Crippen molar-refractivity contribution in [3.05, 3.63) is 50.4 Å². The molecule has 0 aliphatic heterocycles. The summed E-state index contributed by atoms with van der Waals surface area (Å²) >= 11 is 2.55. The number of fused-ring (bicyclic) bond motifs is 2. The first-order chi connectivity index (χ1) is 15.4. The minimum Gasteiger partial charge on any atom is -0.462 e. The highest BCUT2D eigenvalue weighted by Crippen LogP contribution is 2.39. The molecule has 3 heterocycles. The van der Waals surface area contributed by atoms with E-state index >= 15 is 0 Å². The molecule has 8 nitrogen and oxygen atoms in total. The quantitative estimate of drug-likeness (QED) is 0.432. The lowest BCUT2D eigenvalue weighted by molar-refractivity contribution is -0.115. The zero-order valence-electron chi connectivity index (χ0n) is 18.1. The number of ether oxygens (including phenoxy) is 1. The number of nitrogens with one attached hydrogen (secondary N) is 1. The van der Waals surface area contributed by atoms with Crippen LogP contribution in [0.4, 0.5) is 5.00 Å². The Labute approximate surface area is 193 Å². The molecule has 0 aromatic carbocycles. The summed E-state index contributed by atoms with van der Waals surface area (Å²) in [5, 5.41) is 3.10. The molecule has 3 aromatic heterocycles. The van der Waals surface area contributed by atoms with E-state index in [-0.39, 0.29) is 17.7 Å². The zero-order valence-corrected chi connectivity index (χ0v) is 19.8. The van der Waals surface area contributed by atoms with Crippen molar-refractivity contribution in [2.24, 2.45) is 0 Å². The van der Waals surface area contributed by atoms with Gasteiger partial charge in [0.2, 0.25) is 5.91 Å². The fourth-order valence-electron chi connectivity index (χ4n) is 3.65. The molecule has 0 radical (unpaired) electrons. The number of aromatic nitrogens is 3. The van der Waals surface area contributed by atoms with Gasteiger partial charge in [0.05, 0.1) is 17.4 Å². The van der Waals surface area contributed by atoms with E-state index in [1.54, 1.807) is 26.1 Å². The van der Waals surface area contributed by atoms with Crippen LogP contribution in [-0.2, 0) is 22.4 Å². The van der Waals surface area contributed by atoms with Crippen LogP contribution in [0.25, 0.3) is 5.65 Å². The predicted molar refractivity (Wildman–Crippen MR) is 125 cm³/mol. The summed E-state index contributed by atoms with van der Waals surface area (Å²) < 4.78 is 6.63. The molecule has 0 saturated heterocycles. The number of carbonyl (C=O) groups is 2. The molecule has 1 aliphatic rings. The maximum Gasteiger partial charge on any atom is 0.355 e. The molecule has 0 spiro atoms. The largest absolute Gasteiger partial charge is 0.462 e. The Morgan fingerprint density at radius 1 is 1.28 bits per heavy atom. The van der Waals surface area contributed by atoms with Gasteiger partial charge >= 0.3 is 11.7 Å². The van der Waals surface area contributed by atoms with Crippen molar-refractivity contribution in [3.8, 4) is 0 Å². The van der Waals surface area contributed by atoms with Gasteiger partial charge in [-0.25, -0.2) is 14.6 Å². The molecular formula is C22H24N4O4S2. The first kappa shape index (κ1) is 22.5. The van der Waals surface area contributed by atoms with Gasteiger partial charge in [-0.2, -0.15) is 4.98 Å². The Morgan fingerprint density at radius 3 is 2.84 bits per heavy atom. The standard InChI is InChI=1S/C22H24N4O4S2/c1-4-30-20(28)17-14-7-5-6-8-15(14)32-19(17)24-18(27)13(3)31-21-23-16-10-9-12(2)11-26(16)22(29)25-21/h9-11,13H,4-8H2,1-3H3,(H,24,27). The van der Waals surface area contributed by atoms with Crippen LogP contribution in [-0.4, -0.2) is 38.1 Å². The number of hydrogen-bond acceptors (Lipinski definition) is 8. The summed E-state index contributed by atoms with van der Waals surface area (Å²) in [6.45, 7) is 5.64. The van der Waals surface area contributed by atoms with E-state index in [1.165, 1.54) is 15.7 Å². The number of anilines is 1. The Balaban J connectivity index is 1.55. The maximum atomic E-state index is 12.9. The minimum atomic E-state index is -0.573.